The number of aryl methyl sites for hydroxylation is 2. The van der Waals surface area contributed by atoms with Crippen LogP contribution in [0.5, 0.6) is 0 Å². The van der Waals surface area contributed by atoms with Crippen LogP contribution in [-0.2, 0) is 6.42 Å². The number of benzene rings is 1. The van der Waals surface area contributed by atoms with E-state index in [4.69, 9.17) is 5.73 Å². The first-order valence-electron chi connectivity index (χ1n) is 6.01. The van der Waals surface area contributed by atoms with Gasteiger partial charge < -0.3 is 5.73 Å². The summed E-state index contributed by atoms with van der Waals surface area (Å²) in [6.45, 7) is 4.52. The number of hydrogen-bond donors (Lipinski definition) is 2. The molecule has 100 valence electrons. The lowest BCUT2D eigenvalue weighted by atomic mass is 10.1. The third-order valence-electron chi connectivity index (χ3n) is 2.81. The molecule has 0 unspecified atom stereocenters. The molecular formula is C13H16N4OS. The highest BCUT2D eigenvalue weighted by Crippen LogP contribution is 2.17. The Bertz CT molecular complexity index is 594. The van der Waals surface area contributed by atoms with Gasteiger partial charge in [-0.25, -0.2) is 0 Å². The summed E-state index contributed by atoms with van der Waals surface area (Å²) in [5.74, 6) is -0.168. The molecule has 0 aliphatic rings. The molecule has 19 heavy (non-hydrogen) atoms. The molecule has 6 heteroatoms. The van der Waals surface area contributed by atoms with Gasteiger partial charge in [0.05, 0.1) is 0 Å². The fourth-order valence-corrected chi connectivity index (χ4v) is 2.33. The Morgan fingerprint density at radius 1 is 1.32 bits per heavy atom. The number of rotatable bonds is 4. The normalized spacial score (nSPS) is 10.5. The molecule has 0 spiro atoms. The summed E-state index contributed by atoms with van der Waals surface area (Å²) in [7, 11) is 0. The van der Waals surface area contributed by atoms with Crippen molar-refractivity contribution in [3.8, 4) is 0 Å². The first-order valence-corrected chi connectivity index (χ1v) is 6.83. The monoisotopic (exact) mass is 276 g/mol. The molecule has 1 heterocycles. The van der Waals surface area contributed by atoms with Crippen molar-refractivity contribution in [2.45, 2.75) is 20.3 Å². The number of nitrogens with zero attached hydrogens (tertiary/aromatic N) is 2. The van der Waals surface area contributed by atoms with Crippen LogP contribution in [0.4, 0.5) is 5.13 Å². The molecule has 0 atom stereocenters. The number of carbonyl (C=O) groups is 1. The fraction of sp³-hybridized carbons (Fsp3) is 0.308. The molecule has 1 aromatic carbocycles. The fourth-order valence-electron chi connectivity index (χ4n) is 1.58. The summed E-state index contributed by atoms with van der Waals surface area (Å²) < 4.78 is 0. The Balaban J connectivity index is 2.09. The van der Waals surface area contributed by atoms with E-state index in [2.05, 4.69) is 15.5 Å². The Morgan fingerprint density at radius 2 is 2.11 bits per heavy atom. The Labute approximate surface area is 115 Å². The quantitative estimate of drug-likeness (QED) is 0.893. The molecule has 1 amide bonds. The smallest absolute Gasteiger partial charge is 0.257 e. The van der Waals surface area contributed by atoms with Gasteiger partial charge in [0, 0.05) is 12.0 Å². The zero-order valence-electron chi connectivity index (χ0n) is 10.9. The molecule has 0 aliphatic heterocycles. The highest BCUT2D eigenvalue weighted by molar-refractivity contribution is 7.15. The number of aromatic nitrogens is 2. The van der Waals surface area contributed by atoms with Crippen LogP contribution in [0.25, 0.3) is 0 Å². The summed E-state index contributed by atoms with van der Waals surface area (Å²) in [5.41, 5.74) is 8.32. The topological polar surface area (TPSA) is 80.9 Å². The average Bonchev–Trinajstić information content (AvgIpc) is 2.80. The molecule has 0 radical (unpaired) electrons. The van der Waals surface area contributed by atoms with E-state index in [1.54, 1.807) is 6.07 Å². The minimum absolute atomic E-state index is 0.168. The molecule has 0 saturated carbocycles. The second-order valence-corrected chi connectivity index (χ2v) is 5.35. The third kappa shape index (κ3) is 3.36. The van der Waals surface area contributed by atoms with Gasteiger partial charge >= 0.3 is 0 Å². The van der Waals surface area contributed by atoms with Crippen molar-refractivity contribution in [1.29, 1.82) is 0 Å². The highest BCUT2D eigenvalue weighted by Gasteiger charge is 2.10. The van der Waals surface area contributed by atoms with Gasteiger partial charge in [-0.05, 0) is 43.7 Å². The highest BCUT2D eigenvalue weighted by atomic mass is 32.1. The molecular weight excluding hydrogens is 260 g/mol. The molecule has 3 N–H and O–H groups in total. The van der Waals surface area contributed by atoms with Crippen LogP contribution in [-0.4, -0.2) is 22.6 Å². The molecule has 2 rings (SSSR count). The van der Waals surface area contributed by atoms with Crippen LogP contribution in [0.1, 0.15) is 26.5 Å². The lowest BCUT2D eigenvalue weighted by Crippen LogP contribution is -2.12. The van der Waals surface area contributed by atoms with E-state index in [9.17, 15) is 4.79 Å². The van der Waals surface area contributed by atoms with Crippen LogP contribution in [0.15, 0.2) is 18.2 Å². The van der Waals surface area contributed by atoms with E-state index in [1.165, 1.54) is 11.3 Å². The predicted octanol–water partition coefficient (Wildman–Crippen LogP) is 1.91. The number of anilines is 1. The van der Waals surface area contributed by atoms with E-state index in [0.717, 1.165) is 16.1 Å². The van der Waals surface area contributed by atoms with Gasteiger partial charge in [-0.2, -0.15) is 0 Å². The van der Waals surface area contributed by atoms with Crippen molar-refractivity contribution in [1.82, 2.24) is 10.2 Å². The first kappa shape index (κ1) is 13.6. The summed E-state index contributed by atoms with van der Waals surface area (Å²) in [4.78, 5) is 12.0. The van der Waals surface area contributed by atoms with Crippen LogP contribution < -0.4 is 11.1 Å². The van der Waals surface area contributed by atoms with Crippen molar-refractivity contribution in [2.24, 2.45) is 5.73 Å². The van der Waals surface area contributed by atoms with Gasteiger partial charge in [-0.1, -0.05) is 17.4 Å². The van der Waals surface area contributed by atoms with Crippen LogP contribution in [0, 0.1) is 13.8 Å². The maximum atomic E-state index is 12.0. The number of amides is 1. The van der Waals surface area contributed by atoms with Gasteiger partial charge in [0.25, 0.3) is 5.91 Å². The summed E-state index contributed by atoms with van der Waals surface area (Å²) >= 11 is 1.35. The molecule has 0 bridgehead atoms. The van der Waals surface area contributed by atoms with E-state index in [1.807, 2.05) is 26.0 Å². The largest absolute Gasteiger partial charge is 0.330 e. The number of carbonyl (C=O) groups excluding carboxylic acids is 1. The number of nitrogens with two attached hydrogens (primary N) is 1. The Hall–Kier alpha value is -1.79. The summed E-state index contributed by atoms with van der Waals surface area (Å²) in [5, 5.41) is 12.0. The second-order valence-electron chi connectivity index (χ2n) is 4.29. The van der Waals surface area contributed by atoms with Gasteiger partial charge in [0.2, 0.25) is 5.13 Å². The molecule has 0 saturated heterocycles. The van der Waals surface area contributed by atoms with Gasteiger partial charge in [0.15, 0.2) is 0 Å². The maximum Gasteiger partial charge on any atom is 0.257 e. The van der Waals surface area contributed by atoms with E-state index in [-0.39, 0.29) is 5.91 Å². The first-order chi connectivity index (χ1) is 9.10. The van der Waals surface area contributed by atoms with Crippen molar-refractivity contribution < 1.29 is 4.79 Å². The van der Waals surface area contributed by atoms with Gasteiger partial charge in [-0.3, -0.25) is 10.1 Å². The Kier molecular flexibility index (Phi) is 4.24. The molecule has 5 nitrogen and oxygen atoms in total. The number of hydrogen-bond acceptors (Lipinski definition) is 5. The molecule has 0 aliphatic carbocycles. The second kappa shape index (κ2) is 5.90. The maximum absolute atomic E-state index is 12.0. The van der Waals surface area contributed by atoms with E-state index >= 15 is 0 Å². The zero-order valence-corrected chi connectivity index (χ0v) is 11.8. The third-order valence-corrected chi connectivity index (χ3v) is 3.71. The van der Waals surface area contributed by atoms with E-state index in [0.29, 0.717) is 23.7 Å². The lowest BCUT2D eigenvalue weighted by molar-refractivity contribution is 0.102. The predicted molar refractivity (Wildman–Crippen MR) is 76.5 cm³/mol. The molecule has 0 fully saturated rings. The van der Waals surface area contributed by atoms with Crippen molar-refractivity contribution in [3.05, 3.63) is 39.9 Å². The molecule has 1 aromatic heterocycles. The van der Waals surface area contributed by atoms with Crippen molar-refractivity contribution in [3.63, 3.8) is 0 Å². The zero-order chi connectivity index (χ0) is 13.8. The lowest BCUT2D eigenvalue weighted by Gasteiger charge is -2.04. The SMILES string of the molecule is Cc1ccc(C(=O)Nc2nnc(CCN)s2)cc1C. The van der Waals surface area contributed by atoms with Crippen molar-refractivity contribution in [2.75, 3.05) is 11.9 Å². The van der Waals surface area contributed by atoms with Gasteiger partial charge in [-0.15, -0.1) is 10.2 Å². The van der Waals surface area contributed by atoms with Crippen LogP contribution in [0.2, 0.25) is 0 Å². The summed E-state index contributed by atoms with van der Waals surface area (Å²) in [6.07, 6.45) is 0.678. The minimum atomic E-state index is -0.168. The van der Waals surface area contributed by atoms with Crippen LogP contribution >= 0.6 is 11.3 Å². The minimum Gasteiger partial charge on any atom is -0.330 e. The van der Waals surface area contributed by atoms with Crippen molar-refractivity contribution >= 4 is 22.4 Å². The van der Waals surface area contributed by atoms with Gasteiger partial charge in [0.1, 0.15) is 5.01 Å². The Morgan fingerprint density at radius 3 is 2.79 bits per heavy atom. The standard InChI is InChI=1S/C13H16N4OS/c1-8-3-4-10(7-9(8)2)12(18)15-13-17-16-11(19-13)5-6-14/h3-4,7H,5-6,14H2,1-2H3,(H,15,17,18). The molecule has 2 aromatic rings. The van der Waals surface area contributed by atoms with Crippen LogP contribution in [0.3, 0.4) is 0 Å². The summed E-state index contributed by atoms with van der Waals surface area (Å²) in [6, 6.07) is 5.61. The van der Waals surface area contributed by atoms with E-state index < -0.39 is 0 Å². The number of nitrogens with one attached hydrogen (secondary N) is 1. The average molecular weight is 276 g/mol.